The van der Waals surface area contributed by atoms with Crippen LogP contribution in [-0.4, -0.2) is 22.1 Å². The van der Waals surface area contributed by atoms with E-state index in [2.05, 4.69) is 10.3 Å². The fraction of sp³-hybridized carbons (Fsp3) is 0.600. The van der Waals surface area contributed by atoms with Crippen LogP contribution in [0.5, 0.6) is 0 Å². The van der Waals surface area contributed by atoms with Crippen LogP contribution in [0.1, 0.15) is 25.7 Å². The van der Waals surface area contributed by atoms with Gasteiger partial charge in [0, 0.05) is 17.6 Å². The Morgan fingerprint density at radius 2 is 2.47 bits per heavy atom. The summed E-state index contributed by atoms with van der Waals surface area (Å²) in [5, 5.41) is 15.0. The van der Waals surface area contributed by atoms with E-state index < -0.39 is 5.97 Å². The SMILES string of the molecule is O=C(O)C1CCCC(Nc2nccs2)C1. The largest absolute Gasteiger partial charge is 0.481 e. The zero-order valence-electron chi connectivity index (χ0n) is 8.35. The first-order valence-corrected chi connectivity index (χ1v) is 6.02. The van der Waals surface area contributed by atoms with Crippen molar-refractivity contribution >= 4 is 22.4 Å². The Morgan fingerprint density at radius 3 is 3.13 bits per heavy atom. The molecule has 0 saturated heterocycles. The zero-order chi connectivity index (χ0) is 10.7. The fourth-order valence-electron chi connectivity index (χ4n) is 2.01. The van der Waals surface area contributed by atoms with Crippen LogP contribution in [0.2, 0.25) is 0 Å². The van der Waals surface area contributed by atoms with E-state index in [4.69, 9.17) is 5.11 Å². The van der Waals surface area contributed by atoms with Crippen LogP contribution >= 0.6 is 11.3 Å². The van der Waals surface area contributed by atoms with Crippen molar-refractivity contribution in [2.24, 2.45) is 5.92 Å². The molecule has 82 valence electrons. The third kappa shape index (κ3) is 2.68. The highest BCUT2D eigenvalue weighted by Crippen LogP contribution is 2.27. The highest BCUT2D eigenvalue weighted by Gasteiger charge is 2.26. The Balaban J connectivity index is 1.90. The molecule has 0 radical (unpaired) electrons. The van der Waals surface area contributed by atoms with Crippen molar-refractivity contribution in [1.29, 1.82) is 0 Å². The van der Waals surface area contributed by atoms with Gasteiger partial charge < -0.3 is 10.4 Å². The van der Waals surface area contributed by atoms with Crippen LogP contribution in [0.15, 0.2) is 11.6 Å². The van der Waals surface area contributed by atoms with E-state index in [9.17, 15) is 4.79 Å². The first-order chi connectivity index (χ1) is 7.25. The molecule has 0 bridgehead atoms. The van der Waals surface area contributed by atoms with Crippen molar-refractivity contribution in [3.05, 3.63) is 11.6 Å². The second-order valence-corrected chi connectivity index (χ2v) is 4.77. The standard InChI is InChI=1S/C10H14N2O2S/c13-9(14)7-2-1-3-8(6-7)12-10-11-4-5-15-10/h4-5,7-8H,1-3,6H2,(H,11,12)(H,13,14). The van der Waals surface area contributed by atoms with Gasteiger partial charge in [0.15, 0.2) is 5.13 Å². The molecule has 1 aromatic heterocycles. The van der Waals surface area contributed by atoms with Crippen LogP contribution in [0.3, 0.4) is 0 Å². The van der Waals surface area contributed by atoms with Crippen LogP contribution in [0.25, 0.3) is 0 Å². The second kappa shape index (κ2) is 4.61. The fourth-order valence-corrected chi connectivity index (χ4v) is 2.62. The summed E-state index contributed by atoms with van der Waals surface area (Å²) in [5.74, 6) is -0.850. The van der Waals surface area contributed by atoms with Crippen molar-refractivity contribution in [2.75, 3.05) is 5.32 Å². The van der Waals surface area contributed by atoms with E-state index in [1.54, 1.807) is 17.5 Å². The number of hydrogen-bond donors (Lipinski definition) is 2. The number of carbonyl (C=O) groups is 1. The molecule has 1 aromatic rings. The van der Waals surface area contributed by atoms with E-state index >= 15 is 0 Å². The van der Waals surface area contributed by atoms with Crippen molar-refractivity contribution in [2.45, 2.75) is 31.7 Å². The van der Waals surface area contributed by atoms with E-state index in [1.807, 2.05) is 5.38 Å². The molecular weight excluding hydrogens is 212 g/mol. The Labute approximate surface area is 92.3 Å². The van der Waals surface area contributed by atoms with Crippen LogP contribution < -0.4 is 5.32 Å². The minimum Gasteiger partial charge on any atom is -0.481 e. The molecule has 0 spiro atoms. The van der Waals surface area contributed by atoms with Gasteiger partial charge in [-0.3, -0.25) is 4.79 Å². The minimum absolute atomic E-state index is 0.184. The summed E-state index contributed by atoms with van der Waals surface area (Å²) in [5.41, 5.74) is 0. The maximum atomic E-state index is 10.9. The van der Waals surface area contributed by atoms with Gasteiger partial charge in [-0.2, -0.15) is 0 Å². The number of rotatable bonds is 3. The Hall–Kier alpha value is -1.10. The lowest BCUT2D eigenvalue weighted by Gasteiger charge is -2.27. The van der Waals surface area contributed by atoms with Gasteiger partial charge in [-0.05, 0) is 19.3 Å². The Bertz CT molecular complexity index is 326. The molecular formula is C10H14N2O2S. The molecule has 15 heavy (non-hydrogen) atoms. The summed E-state index contributed by atoms with van der Waals surface area (Å²) in [6.07, 6.45) is 5.31. The predicted molar refractivity (Wildman–Crippen MR) is 59.1 cm³/mol. The highest BCUT2D eigenvalue weighted by molar-refractivity contribution is 7.13. The smallest absolute Gasteiger partial charge is 0.306 e. The number of aromatic nitrogens is 1. The van der Waals surface area contributed by atoms with Crippen LogP contribution in [0.4, 0.5) is 5.13 Å². The van der Waals surface area contributed by atoms with Gasteiger partial charge in [0.05, 0.1) is 5.92 Å². The number of nitrogens with one attached hydrogen (secondary N) is 1. The minimum atomic E-state index is -0.666. The number of carboxylic acids is 1. The van der Waals surface area contributed by atoms with E-state index in [-0.39, 0.29) is 12.0 Å². The number of anilines is 1. The molecule has 1 aliphatic carbocycles. The lowest BCUT2D eigenvalue weighted by molar-refractivity contribution is -0.142. The normalized spacial score (nSPS) is 26.1. The molecule has 1 aliphatic rings. The van der Waals surface area contributed by atoms with Gasteiger partial charge in [0.2, 0.25) is 0 Å². The lowest BCUT2D eigenvalue weighted by atomic mass is 9.86. The maximum Gasteiger partial charge on any atom is 0.306 e. The number of carboxylic acid groups (broad SMARTS) is 1. The summed E-state index contributed by atoms with van der Waals surface area (Å²) in [4.78, 5) is 15.0. The second-order valence-electron chi connectivity index (χ2n) is 3.88. The van der Waals surface area contributed by atoms with E-state index in [1.165, 1.54) is 0 Å². The van der Waals surface area contributed by atoms with Gasteiger partial charge in [-0.25, -0.2) is 4.98 Å². The predicted octanol–water partition coefficient (Wildman–Crippen LogP) is 2.20. The Morgan fingerprint density at radius 1 is 1.60 bits per heavy atom. The van der Waals surface area contributed by atoms with Crippen molar-refractivity contribution in [3.63, 3.8) is 0 Å². The summed E-state index contributed by atoms with van der Waals surface area (Å²) in [7, 11) is 0. The molecule has 1 heterocycles. The van der Waals surface area contributed by atoms with E-state index in [0.717, 1.165) is 30.8 Å². The van der Waals surface area contributed by atoms with E-state index in [0.29, 0.717) is 0 Å². The number of aliphatic carboxylic acids is 1. The third-order valence-corrected chi connectivity index (χ3v) is 3.49. The van der Waals surface area contributed by atoms with Gasteiger partial charge >= 0.3 is 5.97 Å². The van der Waals surface area contributed by atoms with Crippen LogP contribution in [0, 0.1) is 5.92 Å². The van der Waals surface area contributed by atoms with Crippen molar-refractivity contribution in [1.82, 2.24) is 4.98 Å². The molecule has 0 amide bonds. The number of nitrogens with zero attached hydrogens (tertiary/aromatic N) is 1. The number of thiazole rings is 1. The lowest BCUT2D eigenvalue weighted by Crippen LogP contribution is -2.30. The monoisotopic (exact) mass is 226 g/mol. The van der Waals surface area contributed by atoms with Crippen molar-refractivity contribution in [3.8, 4) is 0 Å². The third-order valence-electron chi connectivity index (χ3n) is 2.78. The summed E-state index contributed by atoms with van der Waals surface area (Å²) < 4.78 is 0. The average molecular weight is 226 g/mol. The zero-order valence-corrected chi connectivity index (χ0v) is 9.17. The van der Waals surface area contributed by atoms with Crippen molar-refractivity contribution < 1.29 is 9.90 Å². The van der Waals surface area contributed by atoms with Gasteiger partial charge in [-0.15, -0.1) is 11.3 Å². The molecule has 0 aromatic carbocycles. The molecule has 1 saturated carbocycles. The summed E-state index contributed by atoms with van der Waals surface area (Å²) in [6.45, 7) is 0. The average Bonchev–Trinajstić information content (AvgIpc) is 2.71. The van der Waals surface area contributed by atoms with Gasteiger partial charge in [0.25, 0.3) is 0 Å². The molecule has 2 atom stereocenters. The number of hydrogen-bond acceptors (Lipinski definition) is 4. The quantitative estimate of drug-likeness (QED) is 0.829. The molecule has 2 rings (SSSR count). The molecule has 4 nitrogen and oxygen atoms in total. The topological polar surface area (TPSA) is 62.2 Å². The molecule has 2 N–H and O–H groups in total. The first kappa shape index (κ1) is 10.4. The Kier molecular flexibility index (Phi) is 3.20. The van der Waals surface area contributed by atoms with Gasteiger partial charge in [0.1, 0.15) is 0 Å². The molecule has 2 unspecified atom stereocenters. The van der Waals surface area contributed by atoms with Gasteiger partial charge in [-0.1, -0.05) is 6.42 Å². The highest BCUT2D eigenvalue weighted by atomic mass is 32.1. The molecule has 0 aliphatic heterocycles. The summed E-state index contributed by atoms with van der Waals surface area (Å²) in [6, 6.07) is 0.269. The maximum absolute atomic E-state index is 10.9. The summed E-state index contributed by atoms with van der Waals surface area (Å²) >= 11 is 1.56. The molecule has 5 heteroatoms. The first-order valence-electron chi connectivity index (χ1n) is 5.14. The molecule has 1 fully saturated rings. The van der Waals surface area contributed by atoms with Crippen LogP contribution in [-0.2, 0) is 4.79 Å².